The summed E-state index contributed by atoms with van der Waals surface area (Å²) in [5, 5.41) is 12.8. The van der Waals surface area contributed by atoms with Crippen LogP contribution < -0.4 is 4.74 Å². The molecule has 5 rings (SSSR count). The first-order valence-electron chi connectivity index (χ1n) is 9.78. The zero-order chi connectivity index (χ0) is 20.0. The molecular weight excluding hydrogens is 371 g/mol. The average molecular weight is 392 g/mol. The molecule has 8 heteroatoms. The van der Waals surface area contributed by atoms with Crippen molar-refractivity contribution in [2.24, 2.45) is 0 Å². The van der Waals surface area contributed by atoms with Gasteiger partial charge in [-0.1, -0.05) is 0 Å². The number of benzene rings is 1. The molecule has 0 aliphatic carbocycles. The highest BCUT2D eigenvalue weighted by Gasteiger charge is 2.21. The smallest absolute Gasteiger partial charge is 0.173 e. The van der Waals surface area contributed by atoms with Crippen LogP contribution in [0.3, 0.4) is 0 Å². The van der Waals surface area contributed by atoms with E-state index >= 15 is 0 Å². The summed E-state index contributed by atoms with van der Waals surface area (Å²) in [6.07, 6.45) is 7.11. The largest absolute Gasteiger partial charge is 0.493 e. The maximum absolute atomic E-state index is 14.5. The molecule has 0 amide bonds. The fourth-order valence-corrected chi connectivity index (χ4v) is 3.99. The number of ether oxygens (including phenoxy) is 1. The third-order valence-corrected chi connectivity index (χ3v) is 5.38. The maximum Gasteiger partial charge on any atom is 0.173 e. The van der Waals surface area contributed by atoms with Crippen molar-refractivity contribution in [2.75, 3.05) is 6.61 Å². The lowest BCUT2D eigenvalue weighted by atomic mass is 10.00. The summed E-state index contributed by atoms with van der Waals surface area (Å²) in [6, 6.07) is 5.36. The Morgan fingerprint density at radius 3 is 2.97 bits per heavy atom. The summed E-state index contributed by atoms with van der Waals surface area (Å²) in [7, 11) is 0. The third kappa shape index (κ3) is 2.95. The Hall–Kier alpha value is -3.29. The van der Waals surface area contributed by atoms with Gasteiger partial charge >= 0.3 is 0 Å². The van der Waals surface area contributed by atoms with E-state index in [0.717, 1.165) is 40.5 Å². The van der Waals surface area contributed by atoms with Gasteiger partial charge in [-0.25, -0.2) is 9.37 Å². The van der Waals surface area contributed by atoms with Gasteiger partial charge in [0.15, 0.2) is 5.65 Å². The summed E-state index contributed by atoms with van der Waals surface area (Å²) in [5.74, 6) is 1.40. The highest BCUT2D eigenvalue weighted by molar-refractivity contribution is 5.74. The number of rotatable bonds is 5. The molecule has 0 radical (unpaired) electrons. The highest BCUT2D eigenvalue weighted by Crippen LogP contribution is 2.31. The summed E-state index contributed by atoms with van der Waals surface area (Å²) in [6.45, 7) is 4.77. The number of halogens is 1. The number of nitrogens with zero attached hydrogens (tertiary/aromatic N) is 6. The Bertz CT molecular complexity index is 1200. The molecular formula is C21H21FN6O. The van der Waals surface area contributed by atoms with Gasteiger partial charge in [-0.05, 0) is 44.0 Å². The predicted octanol–water partition coefficient (Wildman–Crippen LogP) is 3.43. The second-order valence-corrected chi connectivity index (χ2v) is 7.47. The minimum Gasteiger partial charge on any atom is -0.493 e. The number of hydrogen-bond acceptors (Lipinski definition) is 5. The molecule has 0 atom stereocenters. The predicted molar refractivity (Wildman–Crippen MR) is 105 cm³/mol. The van der Waals surface area contributed by atoms with E-state index in [1.807, 2.05) is 21.3 Å². The van der Waals surface area contributed by atoms with E-state index in [-0.39, 0.29) is 11.9 Å². The molecule has 0 saturated carbocycles. The standard InChI is InChI=1S/C21H21FN6O/c1-13(2)28-18(7-9-25-28)16-11-23-20(27-12-24-26-21(16)27)6-3-14-15-8-10-29-19(15)5-4-17(14)22/h4-5,7,9,11-13H,3,6,8,10H2,1-2H3. The molecule has 1 aliphatic heterocycles. The van der Waals surface area contributed by atoms with Crippen molar-refractivity contribution in [1.29, 1.82) is 0 Å². The zero-order valence-corrected chi connectivity index (χ0v) is 16.3. The summed E-state index contributed by atoms with van der Waals surface area (Å²) < 4.78 is 23.8. The lowest BCUT2D eigenvalue weighted by Gasteiger charge is -2.13. The van der Waals surface area contributed by atoms with Crippen LogP contribution in [0.25, 0.3) is 16.9 Å². The molecule has 0 spiro atoms. The van der Waals surface area contributed by atoms with Gasteiger partial charge in [0.05, 0.1) is 17.9 Å². The van der Waals surface area contributed by atoms with Gasteiger partial charge in [-0.3, -0.25) is 9.08 Å². The molecule has 148 valence electrons. The van der Waals surface area contributed by atoms with Crippen molar-refractivity contribution in [3.8, 4) is 17.0 Å². The van der Waals surface area contributed by atoms with Crippen molar-refractivity contribution in [1.82, 2.24) is 29.4 Å². The maximum atomic E-state index is 14.5. The van der Waals surface area contributed by atoms with E-state index in [1.54, 1.807) is 18.6 Å². The van der Waals surface area contributed by atoms with E-state index in [1.165, 1.54) is 6.07 Å². The summed E-state index contributed by atoms with van der Waals surface area (Å²) in [4.78, 5) is 4.66. The summed E-state index contributed by atoms with van der Waals surface area (Å²) in [5.41, 5.74) is 4.23. The minimum atomic E-state index is -0.188. The molecule has 1 aliphatic rings. The molecule has 0 fully saturated rings. The van der Waals surface area contributed by atoms with Crippen LogP contribution in [0.4, 0.5) is 4.39 Å². The molecule has 0 saturated heterocycles. The molecule has 4 aromatic rings. The molecule has 29 heavy (non-hydrogen) atoms. The second-order valence-electron chi connectivity index (χ2n) is 7.47. The van der Waals surface area contributed by atoms with Crippen molar-refractivity contribution in [2.45, 2.75) is 39.2 Å². The zero-order valence-electron chi connectivity index (χ0n) is 16.3. The molecule has 0 bridgehead atoms. The van der Waals surface area contributed by atoms with Gasteiger partial charge in [0.2, 0.25) is 0 Å². The lowest BCUT2D eigenvalue weighted by molar-refractivity contribution is 0.356. The normalized spacial score (nSPS) is 13.2. The van der Waals surface area contributed by atoms with Gasteiger partial charge in [-0.15, -0.1) is 10.2 Å². The summed E-state index contributed by atoms with van der Waals surface area (Å²) >= 11 is 0. The monoisotopic (exact) mass is 392 g/mol. The Balaban J connectivity index is 1.50. The second kappa shape index (κ2) is 6.95. The first kappa shape index (κ1) is 17.8. The van der Waals surface area contributed by atoms with E-state index in [2.05, 4.69) is 34.1 Å². The van der Waals surface area contributed by atoms with Crippen LogP contribution in [0.2, 0.25) is 0 Å². The molecule has 4 heterocycles. The van der Waals surface area contributed by atoms with Gasteiger partial charge in [0.1, 0.15) is 23.7 Å². The Morgan fingerprint density at radius 2 is 2.10 bits per heavy atom. The molecule has 1 aromatic carbocycles. The molecule has 7 nitrogen and oxygen atoms in total. The van der Waals surface area contributed by atoms with E-state index < -0.39 is 0 Å². The number of hydrogen-bond donors (Lipinski definition) is 0. The van der Waals surface area contributed by atoms with Crippen LogP contribution in [0, 0.1) is 5.82 Å². The van der Waals surface area contributed by atoms with Gasteiger partial charge in [0.25, 0.3) is 0 Å². The third-order valence-electron chi connectivity index (χ3n) is 5.38. The van der Waals surface area contributed by atoms with Crippen LogP contribution in [0.1, 0.15) is 36.8 Å². The quantitative estimate of drug-likeness (QED) is 0.520. The number of aromatic nitrogens is 6. The molecule has 0 unspecified atom stereocenters. The van der Waals surface area contributed by atoms with E-state index in [4.69, 9.17) is 4.74 Å². The van der Waals surface area contributed by atoms with Crippen LogP contribution in [0.15, 0.2) is 36.9 Å². The van der Waals surface area contributed by atoms with Crippen LogP contribution in [0.5, 0.6) is 5.75 Å². The Morgan fingerprint density at radius 1 is 1.21 bits per heavy atom. The lowest BCUT2D eigenvalue weighted by Crippen LogP contribution is -2.08. The van der Waals surface area contributed by atoms with Gasteiger partial charge in [-0.2, -0.15) is 5.10 Å². The topological polar surface area (TPSA) is 70.1 Å². The fraction of sp³-hybridized carbons (Fsp3) is 0.333. The van der Waals surface area contributed by atoms with E-state index in [0.29, 0.717) is 25.0 Å². The average Bonchev–Trinajstić information content (AvgIpc) is 3.46. The Labute approximate surface area is 167 Å². The van der Waals surface area contributed by atoms with Crippen molar-refractivity contribution in [3.05, 3.63) is 59.7 Å². The first-order chi connectivity index (χ1) is 14.1. The van der Waals surface area contributed by atoms with Gasteiger partial charge in [0, 0.05) is 36.8 Å². The van der Waals surface area contributed by atoms with Gasteiger partial charge < -0.3 is 4.74 Å². The fourth-order valence-electron chi connectivity index (χ4n) is 3.99. The molecule has 0 N–H and O–H groups in total. The first-order valence-corrected chi connectivity index (χ1v) is 9.78. The van der Waals surface area contributed by atoms with Crippen molar-refractivity contribution in [3.63, 3.8) is 0 Å². The molecule has 3 aromatic heterocycles. The SMILES string of the molecule is CC(C)n1nccc1-c1cnc(CCc2c(F)ccc3c2CCO3)n2cnnc12. The minimum absolute atomic E-state index is 0.188. The highest BCUT2D eigenvalue weighted by atomic mass is 19.1. The Kier molecular flexibility index (Phi) is 4.26. The van der Waals surface area contributed by atoms with Crippen molar-refractivity contribution < 1.29 is 9.13 Å². The van der Waals surface area contributed by atoms with Crippen LogP contribution in [-0.2, 0) is 19.3 Å². The number of aryl methyl sites for hydroxylation is 1. The van der Waals surface area contributed by atoms with E-state index in [9.17, 15) is 4.39 Å². The van der Waals surface area contributed by atoms with Crippen molar-refractivity contribution >= 4 is 5.65 Å². The van der Waals surface area contributed by atoms with Crippen LogP contribution in [-0.4, -0.2) is 36.0 Å². The van der Waals surface area contributed by atoms with Crippen LogP contribution >= 0.6 is 0 Å². The number of fused-ring (bicyclic) bond motifs is 2.